The van der Waals surface area contributed by atoms with E-state index in [9.17, 15) is 33.2 Å². The Hall–Kier alpha value is -0.0800. The highest BCUT2D eigenvalue weighted by molar-refractivity contribution is 7.56. The van der Waals surface area contributed by atoms with Gasteiger partial charge in [-0.05, 0) is 60.8 Å². The van der Waals surface area contributed by atoms with Gasteiger partial charge >= 0.3 is 28.8 Å². The summed E-state index contributed by atoms with van der Waals surface area (Å²) in [5, 5.41) is -5.08. The molecule has 14 heteroatoms. The Morgan fingerprint density at radius 2 is 1.09 bits per heavy atom. The van der Waals surface area contributed by atoms with Gasteiger partial charge in [0.25, 0.3) is 0 Å². The van der Waals surface area contributed by atoms with Crippen LogP contribution in [0.1, 0.15) is 83.1 Å². The molecule has 3 N–H and O–H groups in total. The van der Waals surface area contributed by atoms with Gasteiger partial charge in [0.1, 0.15) is 0 Å². The summed E-state index contributed by atoms with van der Waals surface area (Å²) >= 11 is 0. The van der Waals surface area contributed by atoms with E-state index in [2.05, 4.69) is 0 Å². The Morgan fingerprint density at radius 1 is 0.686 bits per heavy atom. The molecular weight excluding hydrogens is 521 g/mol. The highest BCUT2D eigenvalue weighted by Gasteiger charge is 2.60. The number of carbonyl (C=O) groups excluding carboxylic acids is 1. The molecule has 0 heterocycles. The van der Waals surface area contributed by atoms with Gasteiger partial charge in [0.15, 0.2) is 0 Å². The van der Waals surface area contributed by atoms with Crippen molar-refractivity contribution in [2.45, 2.75) is 98.6 Å². The molecule has 0 aliphatic rings. The van der Waals surface area contributed by atoms with Crippen LogP contribution in [0.4, 0.5) is 0 Å². The minimum Gasteiger partial charge on any atom is -0.469 e. The molecule has 0 radical (unpaired) electrons. The molecule has 0 amide bonds. The lowest BCUT2D eigenvalue weighted by Gasteiger charge is -2.47. The van der Waals surface area contributed by atoms with Crippen LogP contribution in [0, 0.1) is 5.41 Å². The Kier molecular flexibility index (Phi) is 16.4. The lowest BCUT2D eigenvalue weighted by molar-refractivity contribution is -0.151. The van der Waals surface area contributed by atoms with Crippen LogP contribution in [0.3, 0.4) is 0 Å². The highest BCUT2D eigenvalue weighted by atomic mass is 31.2. The molecule has 216 valence electrons. The zero-order valence-electron chi connectivity index (χ0n) is 20.6. The minimum absolute atomic E-state index is 0. The van der Waals surface area contributed by atoms with Crippen LogP contribution in [0.2, 0.25) is 0 Å². The first-order chi connectivity index (χ1) is 14.0. The summed E-state index contributed by atoms with van der Waals surface area (Å²) in [6, 6.07) is 0. The fourth-order valence-corrected chi connectivity index (χ4v) is 8.96. The average molecular weight is 573 g/mol. The first kappa shape index (κ1) is 42.0. The molecule has 0 saturated carbocycles. The van der Waals surface area contributed by atoms with Crippen molar-refractivity contribution in [1.82, 2.24) is 0 Å². The molecule has 3 unspecified atom stereocenters. The monoisotopic (exact) mass is 572 g/mol. The summed E-state index contributed by atoms with van der Waals surface area (Å²) in [7, 11) is -8.77. The fourth-order valence-electron chi connectivity index (χ4n) is 4.41. The molecule has 0 aromatic rings. The van der Waals surface area contributed by atoms with E-state index in [1.807, 2.05) is 0 Å². The lowest BCUT2D eigenvalue weighted by atomic mass is 9.78. The van der Waals surface area contributed by atoms with Crippen molar-refractivity contribution < 1.29 is 51.5 Å². The van der Waals surface area contributed by atoms with E-state index >= 15 is 0 Å². The number of rotatable bonds is 13. The van der Waals surface area contributed by atoms with Gasteiger partial charge in [-0.15, -0.1) is 0 Å². The SMILES string of the molecule is C.C.C.COC(=O)C(C)(C)CC(C)(CC(C)(CC(C)(C)P(=O)(O)O)P(=O)(O)OC)P(=O)(OC)OC. The van der Waals surface area contributed by atoms with Crippen LogP contribution < -0.4 is 0 Å². The Balaban J connectivity index is -0.00000160. The summed E-state index contributed by atoms with van der Waals surface area (Å²) in [4.78, 5) is 42.7. The molecular formula is C21H51O11P3. The van der Waals surface area contributed by atoms with Gasteiger partial charge < -0.3 is 33.0 Å². The number of hydrogen-bond donors (Lipinski definition) is 3. The summed E-state index contributed by atoms with van der Waals surface area (Å²) in [5.41, 5.74) is -1.21. The van der Waals surface area contributed by atoms with Gasteiger partial charge in [-0.2, -0.15) is 0 Å². The van der Waals surface area contributed by atoms with Crippen molar-refractivity contribution in [2.75, 3.05) is 28.4 Å². The number of hydrogen-bond acceptors (Lipinski definition) is 8. The topological polar surface area (TPSA) is 166 Å². The predicted molar refractivity (Wildman–Crippen MR) is 141 cm³/mol. The predicted octanol–water partition coefficient (Wildman–Crippen LogP) is 6.06. The molecule has 0 aliphatic heterocycles. The van der Waals surface area contributed by atoms with Crippen molar-refractivity contribution in [3.05, 3.63) is 0 Å². The van der Waals surface area contributed by atoms with Gasteiger partial charge in [0.2, 0.25) is 0 Å². The van der Waals surface area contributed by atoms with E-state index < -0.39 is 56.1 Å². The van der Waals surface area contributed by atoms with Crippen molar-refractivity contribution in [1.29, 1.82) is 0 Å². The van der Waals surface area contributed by atoms with E-state index in [1.165, 1.54) is 34.8 Å². The van der Waals surface area contributed by atoms with Gasteiger partial charge in [-0.25, -0.2) is 0 Å². The number of carbonyl (C=O) groups is 1. The van der Waals surface area contributed by atoms with Crippen LogP contribution >= 0.6 is 22.8 Å². The van der Waals surface area contributed by atoms with Gasteiger partial charge in [0, 0.05) is 21.3 Å². The van der Waals surface area contributed by atoms with Crippen molar-refractivity contribution in [3.63, 3.8) is 0 Å². The summed E-state index contributed by atoms with van der Waals surface area (Å²) in [6.45, 7) is 8.45. The molecule has 0 aliphatic carbocycles. The first-order valence-corrected chi connectivity index (χ1v) is 14.5. The standard InChI is InChI=1S/C18H39O11P3.3CH4/c1-15(2,14(19)26-7)11-18(6,32(25,28-9)29-10)13-17(5,31(23,24)27-8)12-16(3,4)30(20,21)22;;;/h11-13H2,1-10H3,(H,23,24)(H2,20,21,22);3*1H4. The van der Waals surface area contributed by atoms with Crippen LogP contribution in [0.15, 0.2) is 0 Å². The lowest BCUT2D eigenvalue weighted by Crippen LogP contribution is -2.45. The Morgan fingerprint density at radius 3 is 1.37 bits per heavy atom. The fraction of sp³-hybridized carbons (Fsp3) is 0.952. The molecule has 0 aromatic heterocycles. The zero-order chi connectivity index (χ0) is 26.0. The Bertz CT molecular complexity index is 813. The van der Waals surface area contributed by atoms with Crippen molar-refractivity contribution >= 4 is 28.8 Å². The second-order valence-corrected chi connectivity index (χ2v) is 17.4. The third-order valence-corrected chi connectivity index (χ3v) is 12.5. The molecule has 11 nitrogen and oxygen atoms in total. The maximum absolute atomic E-state index is 13.7. The van der Waals surface area contributed by atoms with Crippen LogP contribution in [0.25, 0.3) is 0 Å². The highest BCUT2D eigenvalue weighted by Crippen LogP contribution is 2.71. The average Bonchev–Trinajstić information content (AvgIpc) is 2.64. The van der Waals surface area contributed by atoms with E-state index in [0.717, 1.165) is 21.3 Å². The molecule has 0 aromatic carbocycles. The van der Waals surface area contributed by atoms with Crippen LogP contribution in [0.5, 0.6) is 0 Å². The second-order valence-electron chi connectivity index (χ2n) is 9.82. The maximum Gasteiger partial charge on any atom is 0.336 e. The summed E-state index contributed by atoms with van der Waals surface area (Å²) in [5.74, 6) is -0.612. The van der Waals surface area contributed by atoms with Crippen molar-refractivity contribution in [3.8, 4) is 0 Å². The van der Waals surface area contributed by atoms with E-state index in [1.54, 1.807) is 13.8 Å². The zero-order valence-corrected chi connectivity index (χ0v) is 23.3. The molecule has 0 rings (SSSR count). The maximum atomic E-state index is 13.7. The summed E-state index contributed by atoms with van der Waals surface area (Å²) < 4.78 is 59.1. The van der Waals surface area contributed by atoms with Crippen LogP contribution in [-0.2, 0) is 36.8 Å². The van der Waals surface area contributed by atoms with Crippen LogP contribution in [-0.4, -0.2) is 64.6 Å². The molecule has 0 bridgehead atoms. The first-order valence-electron chi connectivity index (χ1n) is 9.78. The smallest absolute Gasteiger partial charge is 0.336 e. The number of ether oxygens (including phenoxy) is 1. The normalized spacial score (nSPS) is 17.9. The summed E-state index contributed by atoms with van der Waals surface area (Å²) in [6.07, 6.45) is -1.00. The quantitative estimate of drug-likeness (QED) is 0.173. The van der Waals surface area contributed by atoms with E-state index in [4.69, 9.17) is 18.3 Å². The second kappa shape index (κ2) is 13.6. The molecule has 0 spiro atoms. The van der Waals surface area contributed by atoms with Gasteiger partial charge in [0.05, 0.1) is 28.0 Å². The molecule has 3 atom stereocenters. The van der Waals surface area contributed by atoms with Gasteiger partial charge in [-0.1, -0.05) is 22.3 Å². The van der Waals surface area contributed by atoms with E-state index in [-0.39, 0.29) is 35.1 Å². The third-order valence-electron chi connectivity index (χ3n) is 6.00. The third kappa shape index (κ3) is 9.01. The Labute approximate surface area is 212 Å². The molecule has 0 saturated heterocycles. The largest absolute Gasteiger partial charge is 0.469 e. The number of esters is 1. The van der Waals surface area contributed by atoms with E-state index in [0.29, 0.717) is 0 Å². The molecule has 0 fully saturated rings. The van der Waals surface area contributed by atoms with Gasteiger partial charge in [-0.3, -0.25) is 18.5 Å². The van der Waals surface area contributed by atoms with Crippen molar-refractivity contribution in [2.24, 2.45) is 5.41 Å². The number of methoxy groups -OCH3 is 1. The minimum atomic E-state index is -4.72. The molecule has 35 heavy (non-hydrogen) atoms.